The van der Waals surface area contributed by atoms with Gasteiger partial charge in [0.1, 0.15) is 0 Å². The van der Waals surface area contributed by atoms with Crippen molar-refractivity contribution >= 4 is 17.7 Å². The van der Waals surface area contributed by atoms with E-state index in [0.717, 1.165) is 16.7 Å². The van der Waals surface area contributed by atoms with E-state index in [1.165, 1.54) is 5.56 Å². The average molecular weight is 268 g/mol. The Morgan fingerprint density at radius 2 is 1.74 bits per heavy atom. The molecule has 2 aromatic rings. The molecular weight excluding hydrogens is 254 g/mol. The van der Waals surface area contributed by atoms with Crippen LogP contribution in [-0.4, -0.2) is 0 Å². The molecule has 0 fully saturated rings. The van der Waals surface area contributed by atoms with E-state index in [-0.39, 0.29) is 0 Å². The molecule has 0 heterocycles. The number of nitriles is 1. The minimum Gasteiger partial charge on any atom is -0.193 e. The summed E-state index contributed by atoms with van der Waals surface area (Å²) < 4.78 is 0. The van der Waals surface area contributed by atoms with E-state index in [4.69, 9.17) is 11.6 Å². The van der Waals surface area contributed by atoms with Crippen LogP contribution in [0.3, 0.4) is 0 Å². The van der Waals surface area contributed by atoms with Gasteiger partial charge in [0.05, 0.1) is 6.07 Å². The molecule has 1 nitrogen and oxygen atoms in total. The number of allylic oxidation sites excluding steroid dienone is 1. The van der Waals surface area contributed by atoms with E-state index < -0.39 is 0 Å². The van der Waals surface area contributed by atoms with Crippen molar-refractivity contribution in [1.29, 1.82) is 5.26 Å². The molecule has 0 saturated carbocycles. The lowest BCUT2D eigenvalue weighted by molar-refractivity contribution is 1.20. The summed E-state index contributed by atoms with van der Waals surface area (Å²) in [5, 5.41) is 9.92. The Morgan fingerprint density at radius 1 is 1.11 bits per heavy atom. The van der Waals surface area contributed by atoms with Crippen molar-refractivity contribution in [1.82, 2.24) is 0 Å². The number of benzene rings is 2. The van der Waals surface area contributed by atoms with Gasteiger partial charge in [0.25, 0.3) is 0 Å². The van der Waals surface area contributed by atoms with Crippen molar-refractivity contribution in [2.45, 2.75) is 13.3 Å². The second-order valence-electron chi connectivity index (χ2n) is 4.50. The molecule has 2 rings (SSSR count). The van der Waals surface area contributed by atoms with Crippen LogP contribution in [0.1, 0.15) is 16.7 Å². The molecular formula is C17H14ClN. The summed E-state index contributed by atoms with van der Waals surface area (Å²) in [5.74, 6) is 0. The van der Waals surface area contributed by atoms with Gasteiger partial charge in [-0.2, -0.15) is 5.26 Å². The van der Waals surface area contributed by atoms with Gasteiger partial charge in [0, 0.05) is 17.0 Å². The molecule has 0 aliphatic carbocycles. The van der Waals surface area contributed by atoms with E-state index >= 15 is 0 Å². The molecule has 0 amide bonds. The van der Waals surface area contributed by atoms with Crippen molar-refractivity contribution in [2.75, 3.05) is 0 Å². The highest BCUT2D eigenvalue weighted by Crippen LogP contribution is 2.15. The van der Waals surface area contributed by atoms with Gasteiger partial charge in [-0.1, -0.05) is 53.6 Å². The predicted octanol–water partition coefficient (Wildman–Crippen LogP) is 4.80. The average Bonchev–Trinajstić information content (AvgIpc) is 2.43. The van der Waals surface area contributed by atoms with Crippen LogP contribution in [0, 0.1) is 18.3 Å². The molecule has 0 aliphatic rings. The number of nitrogens with zero attached hydrogens (tertiary/aromatic N) is 1. The molecule has 0 aliphatic heterocycles. The SMILES string of the molecule is Cc1ccc(C/C(C#N)=C/c2ccc(Cl)cc2)cc1. The van der Waals surface area contributed by atoms with Crippen molar-refractivity contribution < 1.29 is 0 Å². The molecule has 0 radical (unpaired) electrons. The molecule has 0 aromatic heterocycles. The number of hydrogen-bond donors (Lipinski definition) is 0. The fourth-order valence-corrected chi connectivity index (χ4v) is 1.93. The van der Waals surface area contributed by atoms with Crippen molar-refractivity contribution in [3.63, 3.8) is 0 Å². The summed E-state index contributed by atoms with van der Waals surface area (Å²) in [6.07, 6.45) is 2.55. The van der Waals surface area contributed by atoms with Gasteiger partial charge >= 0.3 is 0 Å². The number of hydrogen-bond acceptors (Lipinski definition) is 1. The van der Waals surface area contributed by atoms with Gasteiger partial charge in [0.15, 0.2) is 0 Å². The standard InChI is InChI=1S/C17H14ClN/c1-13-2-4-14(5-3-13)10-16(12-19)11-15-6-8-17(18)9-7-15/h2-9,11H,10H2,1H3/b16-11-. The Balaban J connectivity index is 2.18. The van der Waals surface area contributed by atoms with E-state index in [9.17, 15) is 5.26 Å². The van der Waals surface area contributed by atoms with Gasteiger partial charge in [-0.15, -0.1) is 0 Å². The second kappa shape index (κ2) is 6.22. The zero-order valence-electron chi connectivity index (χ0n) is 10.7. The minimum atomic E-state index is 0.652. The predicted molar refractivity (Wildman–Crippen MR) is 79.9 cm³/mol. The van der Waals surface area contributed by atoms with Crippen LogP contribution in [0.25, 0.3) is 6.08 Å². The van der Waals surface area contributed by atoms with Crippen molar-refractivity contribution in [2.24, 2.45) is 0 Å². The summed E-state index contributed by atoms with van der Waals surface area (Å²) >= 11 is 5.84. The largest absolute Gasteiger partial charge is 0.193 e. The molecule has 2 heteroatoms. The van der Waals surface area contributed by atoms with Gasteiger partial charge in [-0.3, -0.25) is 0 Å². The maximum absolute atomic E-state index is 9.21. The van der Waals surface area contributed by atoms with Crippen LogP contribution < -0.4 is 0 Å². The van der Waals surface area contributed by atoms with Crippen LogP contribution in [0.2, 0.25) is 5.02 Å². The topological polar surface area (TPSA) is 23.8 Å². The highest BCUT2D eigenvalue weighted by atomic mass is 35.5. The highest BCUT2D eigenvalue weighted by Gasteiger charge is 2.00. The van der Waals surface area contributed by atoms with Gasteiger partial charge in [0.2, 0.25) is 0 Å². The number of aryl methyl sites for hydroxylation is 1. The van der Waals surface area contributed by atoms with Crippen LogP contribution in [-0.2, 0) is 6.42 Å². The molecule has 94 valence electrons. The summed E-state index contributed by atoms with van der Waals surface area (Å²) in [6, 6.07) is 18.0. The Bertz CT molecular complexity index is 616. The third-order valence-corrected chi connectivity index (χ3v) is 3.12. The van der Waals surface area contributed by atoms with Gasteiger partial charge in [-0.05, 0) is 36.3 Å². The monoisotopic (exact) mass is 267 g/mol. The Hall–Kier alpha value is -2.04. The smallest absolute Gasteiger partial charge is 0.0950 e. The quantitative estimate of drug-likeness (QED) is 0.733. The molecule has 19 heavy (non-hydrogen) atoms. The van der Waals surface area contributed by atoms with Gasteiger partial charge < -0.3 is 0 Å². The minimum absolute atomic E-state index is 0.652. The van der Waals surface area contributed by atoms with Gasteiger partial charge in [-0.25, -0.2) is 0 Å². The van der Waals surface area contributed by atoms with Crippen LogP contribution in [0.5, 0.6) is 0 Å². The lowest BCUT2D eigenvalue weighted by Crippen LogP contribution is -1.88. The lowest BCUT2D eigenvalue weighted by Gasteiger charge is -2.01. The fraction of sp³-hybridized carbons (Fsp3) is 0.118. The first-order chi connectivity index (χ1) is 9.17. The molecule has 0 spiro atoms. The molecule has 0 saturated heterocycles. The zero-order valence-corrected chi connectivity index (χ0v) is 11.5. The van der Waals surface area contributed by atoms with Crippen LogP contribution >= 0.6 is 11.6 Å². The lowest BCUT2D eigenvalue weighted by atomic mass is 10.0. The zero-order chi connectivity index (χ0) is 13.7. The molecule has 2 aromatic carbocycles. The summed E-state index contributed by atoms with van der Waals surface area (Å²) in [7, 11) is 0. The van der Waals surface area contributed by atoms with E-state index in [2.05, 4.69) is 37.3 Å². The van der Waals surface area contributed by atoms with E-state index in [0.29, 0.717) is 11.4 Å². The van der Waals surface area contributed by atoms with Crippen molar-refractivity contribution in [3.8, 4) is 6.07 Å². The molecule has 0 unspecified atom stereocenters. The first-order valence-corrected chi connectivity index (χ1v) is 6.47. The first-order valence-electron chi connectivity index (χ1n) is 6.09. The fourth-order valence-electron chi connectivity index (χ4n) is 1.81. The first kappa shape index (κ1) is 13.4. The Labute approximate surface area is 118 Å². The van der Waals surface area contributed by atoms with Crippen molar-refractivity contribution in [3.05, 3.63) is 75.8 Å². The number of halogens is 1. The molecule has 0 N–H and O–H groups in total. The highest BCUT2D eigenvalue weighted by molar-refractivity contribution is 6.30. The van der Waals surface area contributed by atoms with Crippen LogP contribution in [0.4, 0.5) is 0 Å². The third kappa shape index (κ3) is 3.98. The summed E-state index contributed by atoms with van der Waals surface area (Å²) in [4.78, 5) is 0. The Morgan fingerprint density at radius 3 is 2.32 bits per heavy atom. The van der Waals surface area contributed by atoms with E-state index in [1.807, 2.05) is 30.3 Å². The summed E-state index contributed by atoms with van der Waals surface area (Å²) in [6.45, 7) is 2.05. The number of rotatable bonds is 3. The third-order valence-electron chi connectivity index (χ3n) is 2.87. The summed E-state index contributed by atoms with van der Waals surface area (Å²) in [5.41, 5.74) is 4.11. The normalized spacial score (nSPS) is 11.1. The Kier molecular flexibility index (Phi) is 4.39. The van der Waals surface area contributed by atoms with Crippen LogP contribution in [0.15, 0.2) is 54.1 Å². The molecule has 0 atom stereocenters. The second-order valence-corrected chi connectivity index (χ2v) is 4.93. The maximum atomic E-state index is 9.21. The van der Waals surface area contributed by atoms with E-state index in [1.54, 1.807) is 0 Å². The maximum Gasteiger partial charge on any atom is 0.0950 e. The molecule has 0 bridgehead atoms.